The van der Waals surface area contributed by atoms with Crippen molar-refractivity contribution in [2.24, 2.45) is 0 Å². The molecule has 2 aliphatic heterocycles. The number of fused-ring (bicyclic) bond motifs is 1. The summed E-state index contributed by atoms with van der Waals surface area (Å²) in [5.41, 5.74) is 0. The number of rotatable bonds is 1. The monoisotopic (exact) mass is 249 g/mol. The van der Waals surface area contributed by atoms with Crippen LogP contribution in [0, 0.1) is 0 Å². The Bertz CT molecular complexity index is 442. The molecule has 0 saturated carbocycles. The topological polar surface area (TPSA) is 48.0 Å². The van der Waals surface area contributed by atoms with Gasteiger partial charge in [-0.25, -0.2) is 0 Å². The first kappa shape index (κ1) is 11.3. The highest BCUT2D eigenvalue weighted by molar-refractivity contribution is 5.82. The molecule has 0 radical (unpaired) electrons. The van der Waals surface area contributed by atoms with Crippen molar-refractivity contribution in [3.8, 4) is 11.5 Å². The van der Waals surface area contributed by atoms with Gasteiger partial charge in [0, 0.05) is 13.1 Å². The number of para-hydroxylation sites is 2. The van der Waals surface area contributed by atoms with E-state index in [9.17, 15) is 4.79 Å². The number of nitrogens with zero attached hydrogens (tertiary/aromatic N) is 1. The predicted octanol–water partition coefficient (Wildman–Crippen LogP) is 0.685. The standard InChI is InChI=1S/C13H15NO4/c15-13(14-5-7-16-8-6-14)12-9-17-10-3-1-2-4-11(10)18-12/h1-4,12H,5-9H2/t12-/m1/s1. The van der Waals surface area contributed by atoms with Crippen molar-refractivity contribution in [2.45, 2.75) is 6.10 Å². The number of ether oxygens (including phenoxy) is 3. The molecule has 2 aliphatic rings. The summed E-state index contributed by atoms with van der Waals surface area (Å²) >= 11 is 0. The van der Waals surface area contributed by atoms with Crippen LogP contribution in [0.1, 0.15) is 0 Å². The van der Waals surface area contributed by atoms with Gasteiger partial charge in [0.1, 0.15) is 6.61 Å². The Balaban J connectivity index is 1.69. The fourth-order valence-electron chi connectivity index (χ4n) is 2.13. The zero-order valence-electron chi connectivity index (χ0n) is 10.0. The lowest BCUT2D eigenvalue weighted by molar-refractivity contribution is -0.145. The molecule has 1 aromatic rings. The zero-order chi connectivity index (χ0) is 12.4. The molecule has 1 amide bonds. The molecule has 1 fully saturated rings. The molecule has 2 heterocycles. The van der Waals surface area contributed by atoms with Crippen molar-refractivity contribution in [3.63, 3.8) is 0 Å². The van der Waals surface area contributed by atoms with Gasteiger partial charge in [-0.05, 0) is 12.1 Å². The summed E-state index contributed by atoms with van der Waals surface area (Å²) in [5.74, 6) is 1.31. The van der Waals surface area contributed by atoms with E-state index in [0.717, 1.165) is 0 Å². The van der Waals surface area contributed by atoms with Gasteiger partial charge in [0.2, 0.25) is 6.10 Å². The van der Waals surface area contributed by atoms with Crippen LogP contribution in [0.4, 0.5) is 0 Å². The number of benzene rings is 1. The Hall–Kier alpha value is -1.75. The van der Waals surface area contributed by atoms with E-state index in [2.05, 4.69) is 0 Å². The van der Waals surface area contributed by atoms with Gasteiger partial charge in [-0.2, -0.15) is 0 Å². The molecule has 0 bridgehead atoms. The van der Waals surface area contributed by atoms with Crippen LogP contribution in [0.25, 0.3) is 0 Å². The number of carbonyl (C=O) groups excluding carboxylic acids is 1. The normalized spacial score (nSPS) is 22.7. The molecule has 5 heteroatoms. The Morgan fingerprint density at radius 2 is 1.89 bits per heavy atom. The fraction of sp³-hybridized carbons (Fsp3) is 0.462. The maximum atomic E-state index is 12.2. The highest BCUT2D eigenvalue weighted by atomic mass is 16.6. The summed E-state index contributed by atoms with van der Waals surface area (Å²) in [6.07, 6.45) is -0.544. The molecule has 0 aromatic heterocycles. The number of hydrogen-bond donors (Lipinski definition) is 0. The molecule has 18 heavy (non-hydrogen) atoms. The zero-order valence-corrected chi connectivity index (χ0v) is 10.0. The van der Waals surface area contributed by atoms with Crippen LogP contribution in [-0.4, -0.2) is 49.8 Å². The first-order valence-electron chi connectivity index (χ1n) is 6.09. The van der Waals surface area contributed by atoms with E-state index in [-0.39, 0.29) is 12.5 Å². The van der Waals surface area contributed by atoms with Crippen LogP contribution in [0.5, 0.6) is 11.5 Å². The second-order valence-electron chi connectivity index (χ2n) is 4.30. The summed E-state index contributed by atoms with van der Waals surface area (Å²) in [7, 11) is 0. The van der Waals surface area contributed by atoms with E-state index in [1.165, 1.54) is 0 Å². The molecule has 1 atom stereocenters. The minimum absolute atomic E-state index is 0.0206. The van der Waals surface area contributed by atoms with Crippen LogP contribution >= 0.6 is 0 Å². The summed E-state index contributed by atoms with van der Waals surface area (Å²) in [5, 5.41) is 0. The van der Waals surface area contributed by atoms with Crippen molar-refractivity contribution < 1.29 is 19.0 Å². The summed E-state index contributed by atoms with van der Waals surface area (Å²) in [6, 6.07) is 7.40. The predicted molar refractivity (Wildman–Crippen MR) is 63.8 cm³/mol. The fourth-order valence-corrected chi connectivity index (χ4v) is 2.13. The van der Waals surface area contributed by atoms with Crippen molar-refractivity contribution in [2.75, 3.05) is 32.9 Å². The van der Waals surface area contributed by atoms with Gasteiger partial charge in [0.05, 0.1) is 13.2 Å². The summed E-state index contributed by atoms with van der Waals surface area (Å²) in [4.78, 5) is 14.0. The first-order valence-corrected chi connectivity index (χ1v) is 6.09. The maximum absolute atomic E-state index is 12.2. The van der Waals surface area contributed by atoms with Crippen molar-refractivity contribution in [1.82, 2.24) is 4.90 Å². The van der Waals surface area contributed by atoms with Gasteiger partial charge in [0.25, 0.3) is 5.91 Å². The van der Waals surface area contributed by atoms with Crippen LogP contribution in [-0.2, 0) is 9.53 Å². The van der Waals surface area contributed by atoms with E-state index in [1.807, 2.05) is 24.3 Å². The minimum Gasteiger partial charge on any atom is -0.485 e. The number of carbonyl (C=O) groups is 1. The SMILES string of the molecule is O=C([C@H]1COc2ccccc2O1)N1CCOCC1. The van der Waals surface area contributed by atoms with Crippen LogP contribution in [0.3, 0.4) is 0 Å². The molecule has 1 aromatic carbocycles. The van der Waals surface area contributed by atoms with E-state index >= 15 is 0 Å². The number of hydrogen-bond acceptors (Lipinski definition) is 4. The van der Waals surface area contributed by atoms with Crippen LogP contribution < -0.4 is 9.47 Å². The van der Waals surface area contributed by atoms with Gasteiger partial charge >= 0.3 is 0 Å². The molecule has 3 rings (SSSR count). The Morgan fingerprint density at radius 3 is 2.67 bits per heavy atom. The molecule has 5 nitrogen and oxygen atoms in total. The van der Waals surface area contributed by atoms with Gasteiger partial charge in [-0.1, -0.05) is 12.1 Å². The van der Waals surface area contributed by atoms with E-state index < -0.39 is 6.10 Å². The Kier molecular flexibility index (Phi) is 3.06. The Labute approximate surface area is 105 Å². The lowest BCUT2D eigenvalue weighted by Gasteiger charge is -2.32. The number of amides is 1. The third kappa shape index (κ3) is 2.13. The smallest absolute Gasteiger partial charge is 0.267 e. The largest absolute Gasteiger partial charge is 0.485 e. The Morgan fingerprint density at radius 1 is 1.17 bits per heavy atom. The quantitative estimate of drug-likeness (QED) is 0.734. The van der Waals surface area contributed by atoms with Crippen LogP contribution in [0.2, 0.25) is 0 Å². The lowest BCUT2D eigenvalue weighted by atomic mass is 10.2. The van der Waals surface area contributed by atoms with Crippen LogP contribution in [0.15, 0.2) is 24.3 Å². The molecule has 0 N–H and O–H groups in total. The van der Waals surface area contributed by atoms with Gasteiger partial charge in [-0.3, -0.25) is 4.79 Å². The highest BCUT2D eigenvalue weighted by Crippen LogP contribution is 2.31. The molecule has 1 saturated heterocycles. The molecular formula is C13H15NO4. The third-order valence-corrected chi connectivity index (χ3v) is 3.11. The van der Waals surface area contributed by atoms with Crippen molar-refractivity contribution in [1.29, 1.82) is 0 Å². The summed E-state index contributed by atoms with van der Waals surface area (Å²) < 4.78 is 16.5. The second kappa shape index (κ2) is 4.86. The van der Waals surface area contributed by atoms with Crippen molar-refractivity contribution in [3.05, 3.63) is 24.3 Å². The minimum atomic E-state index is -0.544. The molecule has 0 spiro atoms. The first-order chi connectivity index (χ1) is 8.84. The highest BCUT2D eigenvalue weighted by Gasteiger charge is 2.31. The average molecular weight is 249 g/mol. The van der Waals surface area contributed by atoms with Crippen molar-refractivity contribution >= 4 is 5.91 Å². The summed E-state index contributed by atoms with van der Waals surface area (Å²) in [6.45, 7) is 2.71. The van der Waals surface area contributed by atoms with Gasteiger partial charge in [0.15, 0.2) is 11.5 Å². The molecular weight excluding hydrogens is 234 g/mol. The van der Waals surface area contributed by atoms with Gasteiger partial charge in [-0.15, -0.1) is 0 Å². The van der Waals surface area contributed by atoms with E-state index in [4.69, 9.17) is 14.2 Å². The number of morpholine rings is 1. The second-order valence-corrected chi connectivity index (χ2v) is 4.30. The molecule has 0 unspecified atom stereocenters. The molecule has 96 valence electrons. The third-order valence-electron chi connectivity index (χ3n) is 3.11. The van der Waals surface area contributed by atoms with E-state index in [1.54, 1.807) is 4.90 Å². The maximum Gasteiger partial charge on any atom is 0.267 e. The van der Waals surface area contributed by atoms with E-state index in [0.29, 0.717) is 37.8 Å². The molecule has 0 aliphatic carbocycles. The average Bonchev–Trinajstić information content (AvgIpc) is 2.47. The lowest BCUT2D eigenvalue weighted by Crippen LogP contribution is -2.50. The van der Waals surface area contributed by atoms with Gasteiger partial charge < -0.3 is 19.1 Å².